The van der Waals surface area contributed by atoms with Crippen LogP contribution in [0.4, 0.5) is 10.2 Å². The fourth-order valence-electron chi connectivity index (χ4n) is 3.60. The number of aromatic hydroxyl groups is 1. The Hall–Kier alpha value is -3.68. The zero-order valence-corrected chi connectivity index (χ0v) is 20.6. The summed E-state index contributed by atoms with van der Waals surface area (Å²) < 4.78 is 15.6. The van der Waals surface area contributed by atoms with Crippen LogP contribution in [0.15, 0.2) is 57.2 Å². The number of phenolic OH excluding ortho intramolecular Hbond substituents is 1. The Labute approximate surface area is 198 Å². The smallest absolute Gasteiger partial charge is 0.336 e. The molecule has 1 aromatic heterocycles. The van der Waals surface area contributed by atoms with E-state index in [1.165, 1.54) is 41.9 Å². The van der Waals surface area contributed by atoms with Crippen LogP contribution in [0, 0.1) is 5.82 Å². The lowest BCUT2D eigenvalue weighted by atomic mass is 9.78. The van der Waals surface area contributed by atoms with Crippen LogP contribution in [0.2, 0.25) is 0 Å². The van der Waals surface area contributed by atoms with Gasteiger partial charge in [0.2, 0.25) is 0 Å². The number of hydrogen-bond donors (Lipinski definition) is 2. The Morgan fingerprint density at radius 3 is 1.97 bits per heavy atom. The summed E-state index contributed by atoms with van der Waals surface area (Å²) in [5, 5.41) is 15.2. The van der Waals surface area contributed by atoms with Gasteiger partial charge in [0, 0.05) is 24.2 Å². The van der Waals surface area contributed by atoms with Crippen molar-refractivity contribution in [3.05, 3.63) is 85.8 Å². The van der Waals surface area contributed by atoms with E-state index in [2.05, 4.69) is 10.5 Å². The van der Waals surface area contributed by atoms with Crippen LogP contribution >= 0.6 is 0 Å². The molecule has 0 aliphatic carbocycles. The average Bonchev–Trinajstić information content (AvgIpc) is 2.72. The first-order valence-corrected chi connectivity index (χ1v) is 11.0. The lowest BCUT2D eigenvalue weighted by Crippen LogP contribution is -2.37. The topological polar surface area (TPSA) is 88.6 Å². The minimum atomic E-state index is -0.591. The van der Waals surface area contributed by atoms with E-state index in [0.717, 1.165) is 21.3 Å². The first kappa shape index (κ1) is 25.0. The molecule has 3 aromatic rings. The van der Waals surface area contributed by atoms with Crippen LogP contribution < -0.4 is 16.7 Å². The van der Waals surface area contributed by atoms with Crippen LogP contribution in [0.25, 0.3) is 5.69 Å². The molecule has 8 heteroatoms. The number of halogens is 1. The molecule has 0 aliphatic heterocycles. The number of anilines is 1. The number of nitrogens with zero attached hydrogens (tertiary/aromatic N) is 3. The molecule has 2 aromatic carbocycles. The van der Waals surface area contributed by atoms with Crippen molar-refractivity contribution in [3.8, 4) is 11.4 Å². The van der Waals surface area contributed by atoms with Gasteiger partial charge in [-0.05, 0) is 52.8 Å². The van der Waals surface area contributed by atoms with Crippen molar-refractivity contribution in [3.63, 3.8) is 0 Å². The standard InChI is InChI=1S/C26H31FN4O3/c1-25(2,3)19-12-16(13-20(23(19)33)26(4,5)6)15-28-29-21-14-22(32)30(7)24(34)31(21)18-10-8-17(27)9-11-18/h8-15,29,33H,1-7H3/b28-15+. The van der Waals surface area contributed by atoms with Crippen molar-refractivity contribution in [2.24, 2.45) is 12.1 Å². The van der Waals surface area contributed by atoms with Gasteiger partial charge in [-0.1, -0.05) is 41.5 Å². The first-order valence-electron chi connectivity index (χ1n) is 11.0. The predicted molar refractivity (Wildman–Crippen MR) is 134 cm³/mol. The third-order valence-corrected chi connectivity index (χ3v) is 5.54. The van der Waals surface area contributed by atoms with E-state index in [4.69, 9.17) is 0 Å². The monoisotopic (exact) mass is 466 g/mol. The molecular formula is C26H31FN4O3. The average molecular weight is 467 g/mol. The maximum absolute atomic E-state index is 13.4. The molecule has 0 radical (unpaired) electrons. The van der Waals surface area contributed by atoms with Crippen LogP contribution in [0.3, 0.4) is 0 Å². The minimum absolute atomic E-state index is 0.141. The fourth-order valence-corrected chi connectivity index (χ4v) is 3.60. The van der Waals surface area contributed by atoms with E-state index >= 15 is 0 Å². The van der Waals surface area contributed by atoms with Crippen LogP contribution in [0.1, 0.15) is 58.2 Å². The quantitative estimate of drug-likeness (QED) is 0.440. The number of hydrazone groups is 1. The molecule has 0 fully saturated rings. The molecule has 2 N–H and O–H groups in total. The summed E-state index contributed by atoms with van der Waals surface area (Å²) in [4.78, 5) is 25.0. The molecule has 0 saturated heterocycles. The molecule has 0 atom stereocenters. The Balaban J connectivity index is 2.07. The summed E-state index contributed by atoms with van der Waals surface area (Å²) in [6.07, 6.45) is 1.57. The molecular weight excluding hydrogens is 435 g/mol. The van der Waals surface area contributed by atoms with Gasteiger partial charge in [-0.15, -0.1) is 0 Å². The van der Waals surface area contributed by atoms with Gasteiger partial charge in [-0.3, -0.25) is 14.8 Å². The van der Waals surface area contributed by atoms with Gasteiger partial charge in [0.1, 0.15) is 17.4 Å². The zero-order valence-electron chi connectivity index (χ0n) is 20.6. The summed E-state index contributed by atoms with van der Waals surface area (Å²) in [6.45, 7) is 12.1. The number of aromatic nitrogens is 2. The highest BCUT2D eigenvalue weighted by Gasteiger charge is 2.26. The summed E-state index contributed by atoms with van der Waals surface area (Å²) in [6, 6.07) is 10.3. The van der Waals surface area contributed by atoms with Crippen molar-refractivity contribution >= 4 is 12.0 Å². The number of rotatable bonds is 4. The SMILES string of the molecule is Cn1c(=O)cc(N/N=C/c2cc(C(C)(C)C)c(O)c(C(C)(C)C)c2)n(-c2ccc(F)cc2)c1=O. The van der Waals surface area contributed by atoms with E-state index in [9.17, 15) is 19.1 Å². The first-order chi connectivity index (χ1) is 15.7. The van der Waals surface area contributed by atoms with Gasteiger partial charge >= 0.3 is 5.69 Å². The molecule has 1 heterocycles. The largest absolute Gasteiger partial charge is 0.507 e. The second kappa shape index (κ2) is 8.93. The van der Waals surface area contributed by atoms with Crippen molar-refractivity contribution in [1.82, 2.24) is 9.13 Å². The van der Waals surface area contributed by atoms with E-state index in [1.54, 1.807) is 6.21 Å². The van der Waals surface area contributed by atoms with Gasteiger partial charge in [0.25, 0.3) is 5.56 Å². The molecule has 180 valence electrons. The lowest BCUT2D eigenvalue weighted by molar-refractivity contribution is 0.423. The minimum Gasteiger partial charge on any atom is -0.507 e. The van der Waals surface area contributed by atoms with Gasteiger partial charge in [0.15, 0.2) is 0 Å². The fraction of sp³-hybridized carbons (Fsp3) is 0.346. The van der Waals surface area contributed by atoms with Gasteiger partial charge in [0.05, 0.1) is 11.9 Å². The zero-order chi connectivity index (χ0) is 25.4. The Kier molecular flexibility index (Phi) is 6.55. The molecule has 0 bridgehead atoms. The predicted octanol–water partition coefficient (Wildman–Crippen LogP) is 4.42. The van der Waals surface area contributed by atoms with Crippen molar-refractivity contribution < 1.29 is 9.50 Å². The van der Waals surface area contributed by atoms with E-state index in [0.29, 0.717) is 5.69 Å². The summed E-state index contributed by atoms with van der Waals surface area (Å²) in [5.41, 5.74) is 3.80. The number of benzene rings is 2. The van der Waals surface area contributed by atoms with E-state index in [-0.39, 0.29) is 22.4 Å². The normalized spacial score (nSPS) is 12.4. The maximum Gasteiger partial charge on any atom is 0.336 e. The van der Waals surface area contributed by atoms with Crippen molar-refractivity contribution in [1.29, 1.82) is 0 Å². The summed E-state index contributed by atoms with van der Waals surface area (Å²) >= 11 is 0. The lowest BCUT2D eigenvalue weighted by Gasteiger charge is -2.27. The molecule has 0 saturated carbocycles. The highest BCUT2D eigenvalue weighted by molar-refractivity contribution is 5.82. The second-order valence-corrected chi connectivity index (χ2v) is 10.4. The van der Waals surface area contributed by atoms with Gasteiger partial charge < -0.3 is 5.11 Å². The highest BCUT2D eigenvalue weighted by Crippen LogP contribution is 2.39. The van der Waals surface area contributed by atoms with Gasteiger partial charge in [-0.25, -0.2) is 13.8 Å². The third-order valence-electron chi connectivity index (χ3n) is 5.54. The van der Waals surface area contributed by atoms with Crippen LogP contribution in [-0.4, -0.2) is 20.5 Å². The highest BCUT2D eigenvalue weighted by atomic mass is 19.1. The molecule has 3 rings (SSSR count). The van der Waals surface area contributed by atoms with E-state index in [1.807, 2.05) is 53.7 Å². The molecule has 34 heavy (non-hydrogen) atoms. The van der Waals surface area contributed by atoms with Crippen LogP contribution in [-0.2, 0) is 17.9 Å². The second-order valence-electron chi connectivity index (χ2n) is 10.4. The third kappa shape index (κ3) is 5.11. The maximum atomic E-state index is 13.4. The van der Waals surface area contributed by atoms with Crippen LogP contribution in [0.5, 0.6) is 5.75 Å². The Morgan fingerprint density at radius 1 is 0.941 bits per heavy atom. The number of hydrogen-bond acceptors (Lipinski definition) is 5. The Bertz CT molecular complexity index is 1320. The molecule has 0 aliphatic rings. The molecule has 7 nitrogen and oxygen atoms in total. The van der Waals surface area contributed by atoms with E-state index < -0.39 is 17.1 Å². The van der Waals surface area contributed by atoms with Gasteiger partial charge in [-0.2, -0.15) is 5.10 Å². The molecule has 0 unspecified atom stereocenters. The summed E-state index contributed by atoms with van der Waals surface area (Å²) in [5.74, 6) is -0.0329. The number of nitrogens with one attached hydrogen (secondary N) is 1. The molecule has 0 spiro atoms. The Morgan fingerprint density at radius 2 is 1.47 bits per heavy atom. The number of phenols is 1. The molecule has 0 amide bonds. The van der Waals surface area contributed by atoms with Crippen molar-refractivity contribution in [2.75, 3.05) is 5.43 Å². The van der Waals surface area contributed by atoms with Crippen molar-refractivity contribution in [2.45, 2.75) is 52.4 Å². The summed E-state index contributed by atoms with van der Waals surface area (Å²) in [7, 11) is 1.37.